The van der Waals surface area contributed by atoms with Crippen LogP contribution in [0.3, 0.4) is 0 Å². The molecule has 1 rings (SSSR count). The lowest BCUT2D eigenvalue weighted by atomic mass is 9.96. The quantitative estimate of drug-likeness (QED) is 0.380. The fraction of sp³-hybridized carbons (Fsp3) is 1.00. The molecule has 0 aromatic heterocycles. The van der Waals surface area contributed by atoms with Gasteiger partial charge in [-0.3, -0.25) is 0 Å². The molecule has 1 saturated heterocycles. The molecule has 0 aromatic rings. The van der Waals surface area contributed by atoms with E-state index in [9.17, 15) is 15.3 Å². The Bertz CT molecular complexity index is 162. The van der Waals surface area contributed by atoms with E-state index in [0.717, 1.165) is 0 Å². The zero-order valence-electron chi connectivity index (χ0n) is 6.84. The van der Waals surface area contributed by atoms with Crippen LogP contribution in [0.2, 0.25) is 0 Å². The highest BCUT2D eigenvalue weighted by Crippen LogP contribution is 2.26. The van der Waals surface area contributed by atoms with E-state index in [4.69, 9.17) is 9.84 Å². The maximum atomic E-state index is 9.41. The second-order valence-electron chi connectivity index (χ2n) is 3.18. The summed E-state index contributed by atoms with van der Waals surface area (Å²) in [6, 6.07) is 0. The van der Waals surface area contributed by atoms with Gasteiger partial charge in [-0.25, -0.2) is 0 Å². The van der Waals surface area contributed by atoms with Gasteiger partial charge in [0, 0.05) is 6.42 Å². The lowest BCUT2D eigenvalue weighted by molar-refractivity contribution is -0.329. The van der Waals surface area contributed by atoms with Crippen molar-refractivity contribution in [1.29, 1.82) is 0 Å². The Kier molecular flexibility index (Phi) is 2.70. The molecule has 1 aliphatic rings. The highest BCUT2D eigenvalue weighted by molar-refractivity contribution is 4.88. The van der Waals surface area contributed by atoms with Crippen LogP contribution in [0.25, 0.3) is 0 Å². The summed E-state index contributed by atoms with van der Waals surface area (Å²) in [7, 11) is 0. The topological polar surface area (TPSA) is 90.2 Å². The summed E-state index contributed by atoms with van der Waals surface area (Å²) in [6.45, 7) is 0.922. The van der Waals surface area contributed by atoms with Crippen molar-refractivity contribution >= 4 is 0 Å². The van der Waals surface area contributed by atoms with Gasteiger partial charge in [-0.05, 0) is 6.92 Å². The highest BCUT2D eigenvalue weighted by atomic mass is 16.7. The van der Waals surface area contributed by atoms with E-state index in [2.05, 4.69) is 0 Å². The molecule has 72 valence electrons. The number of rotatable bonds is 1. The molecule has 1 aliphatic heterocycles. The maximum absolute atomic E-state index is 9.41. The molecule has 0 spiro atoms. The summed E-state index contributed by atoms with van der Waals surface area (Å²) in [5.74, 6) is -2.02. The molecule has 1 fully saturated rings. The Hall–Kier alpha value is -0.200. The fourth-order valence-electron chi connectivity index (χ4n) is 1.37. The number of aliphatic hydroxyl groups is 4. The van der Waals surface area contributed by atoms with Crippen LogP contribution in [0, 0.1) is 0 Å². The van der Waals surface area contributed by atoms with E-state index < -0.39 is 24.6 Å². The van der Waals surface area contributed by atoms with Gasteiger partial charge >= 0.3 is 0 Å². The van der Waals surface area contributed by atoms with E-state index in [1.165, 1.54) is 0 Å². The third-order valence-electron chi connectivity index (χ3n) is 2.03. The Balaban J connectivity index is 2.72. The first-order chi connectivity index (χ1) is 5.49. The highest BCUT2D eigenvalue weighted by Gasteiger charge is 2.46. The molecule has 0 aliphatic carbocycles. The van der Waals surface area contributed by atoms with Gasteiger partial charge in [0.15, 0.2) is 0 Å². The molecular weight excluding hydrogens is 164 g/mol. The third kappa shape index (κ3) is 1.60. The van der Waals surface area contributed by atoms with Crippen LogP contribution < -0.4 is 0 Å². The van der Waals surface area contributed by atoms with Gasteiger partial charge in [0.2, 0.25) is 5.79 Å². The molecule has 0 aromatic carbocycles. The summed E-state index contributed by atoms with van der Waals surface area (Å²) < 4.78 is 4.90. The summed E-state index contributed by atoms with van der Waals surface area (Å²) in [5.41, 5.74) is 0. The first kappa shape index (κ1) is 9.88. The molecule has 4 atom stereocenters. The monoisotopic (exact) mass is 178 g/mol. The molecule has 0 radical (unpaired) electrons. The van der Waals surface area contributed by atoms with Gasteiger partial charge in [-0.2, -0.15) is 0 Å². The van der Waals surface area contributed by atoms with Crippen molar-refractivity contribution in [2.45, 2.75) is 37.4 Å². The molecule has 4 N–H and O–H groups in total. The second-order valence-corrected chi connectivity index (χ2v) is 3.18. The van der Waals surface area contributed by atoms with Gasteiger partial charge in [0.05, 0.1) is 18.8 Å². The van der Waals surface area contributed by atoms with E-state index in [1.807, 2.05) is 0 Å². The molecule has 5 nitrogen and oxygen atoms in total. The van der Waals surface area contributed by atoms with Crippen LogP contribution in [0.4, 0.5) is 0 Å². The van der Waals surface area contributed by atoms with Crippen LogP contribution in [-0.4, -0.2) is 51.1 Å². The Labute approximate surface area is 70.2 Å². The minimum absolute atomic E-state index is 0.253. The zero-order chi connectivity index (χ0) is 9.35. The van der Waals surface area contributed by atoms with Crippen molar-refractivity contribution in [2.75, 3.05) is 6.61 Å². The Morgan fingerprint density at radius 3 is 2.58 bits per heavy atom. The summed E-state index contributed by atoms with van der Waals surface area (Å²) >= 11 is 0. The predicted octanol–water partition coefficient (Wildman–Crippen LogP) is -1.80. The summed E-state index contributed by atoms with van der Waals surface area (Å²) in [4.78, 5) is 0. The Morgan fingerprint density at radius 2 is 2.08 bits per heavy atom. The van der Waals surface area contributed by atoms with E-state index >= 15 is 0 Å². The summed E-state index contributed by atoms with van der Waals surface area (Å²) in [6.07, 6.45) is -2.62. The largest absolute Gasteiger partial charge is 0.391 e. The van der Waals surface area contributed by atoms with E-state index in [-0.39, 0.29) is 12.5 Å². The van der Waals surface area contributed by atoms with Crippen molar-refractivity contribution in [3.8, 4) is 0 Å². The molecule has 12 heavy (non-hydrogen) atoms. The first-order valence-corrected chi connectivity index (χ1v) is 3.87. The van der Waals surface area contributed by atoms with E-state index in [1.54, 1.807) is 6.92 Å². The molecule has 1 heterocycles. The van der Waals surface area contributed by atoms with Crippen molar-refractivity contribution in [3.05, 3.63) is 0 Å². The Morgan fingerprint density at radius 1 is 1.50 bits per heavy atom. The number of aliphatic hydroxyl groups excluding tert-OH is 3. The minimum Gasteiger partial charge on any atom is -0.391 e. The van der Waals surface area contributed by atoms with E-state index in [0.29, 0.717) is 0 Å². The van der Waals surface area contributed by atoms with Gasteiger partial charge in [0.25, 0.3) is 0 Å². The smallest absolute Gasteiger partial charge is 0.218 e. The molecule has 0 bridgehead atoms. The van der Waals surface area contributed by atoms with Gasteiger partial charge < -0.3 is 25.2 Å². The normalized spacial score (nSPS) is 49.2. The standard InChI is InChI=1S/C7H14O5/c1-4-2-5(9)6(10)7(11,3-8)12-4/h4-6,8-11H,2-3H2,1H3/t4?,5?,6?,7-/m1/s1. The van der Waals surface area contributed by atoms with Crippen LogP contribution in [0.1, 0.15) is 13.3 Å². The van der Waals surface area contributed by atoms with Crippen molar-refractivity contribution < 1.29 is 25.2 Å². The van der Waals surface area contributed by atoms with Crippen LogP contribution in [0.15, 0.2) is 0 Å². The van der Waals surface area contributed by atoms with Crippen LogP contribution >= 0.6 is 0 Å². The summed E-state index contributed by atoms with van der Waals surface area (Å²) in [5, 5.41) is 36.6. The molecule has 0 saturated carbocycles. The average molecular weight is 178 g/mol. The predicted molar refractivity (Wildman–Crippen MR) is 39.2 cm³/mol. The maximum Gasteiger partial charge on any atom is 0.218 e. The second kappa shape index (κ2) is 3.27. The number of hydrogen-bond donors (Lipinski definition) is 4. The van der Waals surface area contributed by atoms with Crippen LogP contribution in [-0.2, 0) is 4.74 Å². The molecule has 0 amide bonds. The average Bonchev–Trinajstić information content (AvgIpc) is 2.00. The van der Waals surface area contributed by atoms with Gasteiger partial charge in [-0.1, -0.05) is 0 Å². The molecular formula is C7H14O5. The molecule has 3 unspecified atom stereocenters. The fourth-order valence-corrected chi connectivity index (χ4v) is 1.37. The number of hydrogen-bond acceptors (Lipinski definition) is 5. The third-order valence-corrected chi connectivity index (χ3v) is 2.03. The van der Waals surface area contributed by atoms with Crippen molar-refractivity contribution in [1.82, 2.24) is 0 Å². The van der Waals surface area contributed by atoms with Crippen molar-refractivity contribution in [3.63, 3.8) is 0 Å². The first-order valence-electron chi connectivity index (χ1n) is 3.87. The number of ether oxygens (including phenoxy) is 1. The van der Waals surface area contributed by atoms with Gasteiger partial charge in [0.1, 0.15) is 6.10 Å². The van der Waals surface area contributed by atoms with Gasteiger partial charge in [-0.15, -0.1) is 0 Å². The zero-order valence-corrected chi connectivity index (χ0v) is 6.84. The SMILES string of the molecule is CC1CC(O)C(O)[C@@](O)(CO)O1. The minimum atomic E-state index is -2.02. The lowest BCUT2D eigenvalue weighted by Crippen LogP contribution is -2.59. The van der Waals surface area contributed by atoms with Crippen molar-refractivity contribution in [2.24, 2.45) is 0 Å². The lowest BCUT2D eigenvalue weighted by Gasteiger charge is -2.41. The van der Waals surface area contributed by atoms with Crippen LogP contribution in [0.5, 0.6) is 0 Å². The molecule has 5 heteroatoms.